The van der Waals surface area contributed by atoms with Gasteiger partial charge < -0.3 is 4.74 Å². The number of pyridine rings is 1. The average Bonchev–Trinajstić information content (AvgIpc) is 2.41. The van der Waals surface area contributed by atoms with Crippen molar-refractivity contribution < 1.29 is 4.74 Å². The van der Waals surface area contributed by atoms with Crippen LogP contribution < -0.4 is 5.56 Å². The van der Waals surface area contributed by atoms with Crippen LogP contribution in [0.5, 0.6) is 0 Å². The second-order valence-corrected chi connectivity index (χ2v) is 4.86. The number of hydrogen-bond acceptors (Lipinski definition) is 4. The maximum Gasteiger partial charge on any atom is 0.258 e. The number of hydrogen-bond donors (Lipinski definition) is 0. The van der Waals surface area contributed by atoms with E-state index >= 15 is 0 Å². The van der Waals surface area contributed by atoms with Crippen LogP contribution in [0.3, 0.4) is 0 Å². The third-order valence-corrected chi connectivity index (χ3v) is 3.43. The zero-order valence-corrected chi connectivity index (χ0v) is 11.0. The Labute approximate surface area is 111 Å². The van der Waals surface area contributed by atoms with E-state index in [4.69, 9.17) is 4.74 Å². The third-order valence-electron chi connectivity index (χ3n) is 3.43. The van der Waals surface area contributed by atoms with Gasteiger partial charge in [-0.25, -0.2) is 4.98 Å². The van der Waals surface area contributed by atoms with Gasteiger partial charge in [0.05, 0.1) is 18.9 Å². The van der Waals surface area contributed by atoms with Gasteiger partial charge in [-0.2, -0.15) is 0 Å². The Hall–Kier alpha value is -1.72. The number of rotatable bonds is 2. The maximum atomic E-state index is 12.1. The van der Waals surface area contributed by atoms with Crippen LogP contribution in [0.4, 0.5) is 0 Å². The third kappa shape index (κ3) is 2.52. The molecule has 0 N–H and O–H groups in total. The Kier molecular flexibility index (Phi) is 3.31. The molecule has 0 bridgehead atoms. The molecule has 0 atom stereocenters. The van der Waals surface area contributed by atoms with Crippen LogP contribution in [0, 0.1) is 6.92 Å². The lowest BCUT2D eigenvalue weighted by molar-refractivity contribution is 0.0336. The standard InChI is InChI=1S/C14H17N3O2/c1-11-3-2-4-17-13(18)9-12(15-14(11)17)10-16-5-7-19-8-6-16/h2-4,9H,5-8,10H2,1H3. The van der Waals surface area contributed by atoms with Gasteiger partial charge in [0.2, 0.25) is 0 Å². The Morgan fingerprint density at radius 2 is 2.16 bits per heavy atom. The molecule has 1 fully saturated rings. The van der Waals surface area contributed by atoms with Crippen LogP contribution in [0.1, 0.15) is 11.3 Å². The molecule has 3 heterocycles. The number of aromatic nitrogens is 2. The van der Waals surface area contributed by atoms with Crippen molar-refractivity contribution in [3.63, 3.8) is 0 Å². The monoisotopic (exact) mass is 259 g/mol. The molecule has 1 saturated heterocycles. The summed E-state index contributed by atoms with van der Waals surface area (Å²) in [6, 6.07) is 5.47. The van der Waals surface area contributed by atoms with Gasteiger partial charge in [-0.1, -0.05) is 6.07 Å². The molecule has 5 nitrogen and oxygen atoms in total. The zero-order chi connectivity index (χ0) is 13.2. The maximum absolute atomic E-state index is 12.1. The minimum atomic E-state index is -0.0167. The molecule has 1 aliphatic heterocycles. The lowest BCUT2D eigenvalue weighted by Gasteiger charge is -2.26. The fourth-order valence-corrected chi connectivity index (χ4v) is 2.38. The number of fused-ring (bicyclic) bond motifs is 1. The lowest BCUT2D eigenvalue weighted by atomic mass is 10.2. The average molecular weight is 259 g/mol. The highest BCUT2D eigenvalue weighted by atomic mass is 16.5. The SMILES string of the molecule is Cc1cccn2c(=O)cc(CN3CCOCC3)nc12. The molecule has 0 spiro atoms. The van der Waals surface area contributed by atoms with Crippen LogP contribution in [-0.4, -0.2) is 40.6 Å². The summed E-state index contributed by atoms with van der Waals surface area (Å²) in [5.41, 5.74) is 2.58. The van der Waals surface area contributed by atoms with Crippen LogP contribution in [0.15, 0.2) is 29.2 Å². The fourth-order valence-electron chi connectivity index (χ4n) is 2.38. The van der Waals surface area contributed by atoms with Gasteiger partial charge >= 0.3 is 0 Å². The molecule has 3 rings (SSSR count). The molecule has 1 aliphatic rings. The van der Waals surface area contributed by atoms with Crippen LogP contribution >= 0.6 is 0 Å². The van der Waals surface area contributed by atoms with Crippen LogP contribution in [0.2, 0.25) is 0 Å². The normalized spacial score (nSPS) is 16.9. The van der Waals surface area contributed by atoms with E-state index in [0.29, 0.717) is 6.54 Å². The van der Waals surface area contributed by atoms with Gasteiger partial charge in [0, 0.05) is 31.9 Å². The van der Waals surface area contributed by atoms with Gasteiger partial charge in [0.15, 0.2) is 0 Å². The van der Waals surface area contributed by atoms with Gasteiger partial charge in [-0.15, -0.1) is 0 Å². The van der Waals surface area contributed by atoms with Crippen molar-refractivity contribution in [2.24, 2.45) is 0 Å². The number of nitrogens with zero attached hydrogens (tertiary/aromatic N) is 3. The van der Waals surface area contributed by atoms with Gasteiger partial charge in [0.1, 0.15) is 5.65 Å². The van der Waals surface area contributed by atoms with E-state index in [0.717, 1.165) is 43.2 Å². The summed E-state index contributed by atoms with van der Waals surface area (Å²) in [5, 5.41) is 0. The van der Waals surface area contributed by atoms with Crippen molar-refractivity contribution in [2.75, 3.05) is 26.3 Å². The van der Waals surface area contributed by atoms with Crippen molar-refractivity contribution in [3.8, 4) is 0 Å². The highest BCUT2D eigenvalue weighted by Crippen LogP contribution is 2.08. The van der Waals surface area contributed by atoms with E-state index in [1.807, 2.05) is 19.1 Å². The predicted octanol–water partition coefficient (Wildman–Crippen LogP) is 0.835. The molecule has 0 aromatic carbocycles. The summed E-state index contributed by atoms with van der Waals surface area (Å²) in [7, 11) is 0. The minimum Gasteiger partial charge on any atom is -0.379 e. The molecule has 2 aromatic rings. The van der Waals surface area contributed by atoms with E-state index in [-0.39, 0.29) is 5.56 Å². The molecule has 0 aliphatic carbocycles. The summed E-state index contributed by atoms with van der Waals surface area (Å²) >= 11 is 0. The first-order chi connectivity index (χ1) is 9.24. The second kappa shape index (κ2) is 5.11. The Balaban J connectivity index is 1.96. The lowest BCUT2D eigenvalue weighted by Crippen LogP contribution is -2.36. The van der Waals surface area contributed by atoms with E-state index in [9.17, 15) is 4.79 Å². The topological polar surface area (TPSA) is 46.8 Å². The summed E-state index contributed by atoms with van der Waals surface area (Å²) < 4.78 is 6.92. The molecule has 100 valence electrons. The van der Waals surface area contributed by atoms with Crippen molar-refractivity contribution >= 4 is 5.65 Å². The molecule has 2 aromatic heterocycles. The van der Waals surface area contributed by atoms with Gasteiger partial charge in [-0.05, 0) is 18.6 Å². The Morgan fingerprint density at radius 3 is 2.95 bits per heavy atom. The number of aryl methyl sites for hydroxylation is 1. The molecule has 19 heavy (non-hydrogen) atoms. The van der Waals surface area contributed by atoms with Gasteiger partial charge in [0.25, 0.3) is 5.56 Å². The molecule has 0 saturated carbocycles. The quantitative estimate of drug-likeness (QED) is 0.801. The molecule has 0 amide bonds. The van der Waals surface area contributed by atoms with E-state index in [1.54, 1.807) is 16.7 Å². The van der Waals surface area contributed by atoms with E-state index in [2.05, 4.69) is 9.88 Å². The first kappa shape index (κ1) is 12.3. The highest BCUT2D eigenvalue weighted by Gasteiger charge is 2.12. The van der Waals surface area contributed by atoms with Crippen molar-refractivity contribution in [1.29, 1.82) is 0 Å². The summed E-state index contributed by atoms with van der Waals surface area (Å²) in [4.78, 5) is 18.9. The molecule has 0 unspecified atom stereocenters. The van der Waals surface area contributed by atoms with E-state index in [1.165, 1.54) is 0 Å². The first-order valence-electron chi connectivity index (χ1n) is 6.52. The fraction of sp³-hybridized carbons (Fsp3) is 0.429. The molecule has 0 radical (unpaired) electrons. The largest absolute Gasteiger partial charge is 0.379 e. The van der Waals surface area contributed by atoms with E-state index < -0.39 is 0 Å². The van der Waals surface area contributed by atoms with Crippen molar-refractivity contribution in [2.45, 2.75) is 13.5 Å². The van der Waals surface area contributed by atoms with Crippen LogP contribution in [-0.2, 0) is 11.3 Å². The molecular weight excluding hydrogens is 242 g/mol. The first-order valence-corrected chi connectivity index (χ1v) is 6.52. The Morgan fingerprint density at radius 1 is 1.37 bits per heavy atom. The highest BCUT2D eigenvalue weighted by molar-refractivity contribution is 5.46. The molecular formula is C14H17N3O2. The summed E-state index contributed by atoms with van der Waals surface area (Å²) in [6.45, 7) is 5.99. The minimum absolute atomic E-state index is 0.0167. The van der Waals surface area contributed by atoms with Crippen molar-refractivity contribution in [3.05, 3.63) is 46.0 Å². The zero-order valence-electron chi connectivity index (χ0n) is 11.0. The van der Waals surface area contributed by atoms with Gasteiger partial charge in [-0.3, -0.25) is 14.1 Å². The van der Waals surface area contributed by atoms with Crippen LogP contribution in [0.25, 0.3) is 5.65 Å². The molecule has 5 heteroatoms. The predicted molar refractivity (Wildman–Crippen MR) is 72.3 cm³/mol. The number of ether oxygens (including phenoxy) is 1. The smallest absolute Gasteiger partial charge is 0.258 e. The second-order valence-electron chi connectivity index (χ2n) is 4.86. The summed E-state index contributed by atoms with van der Waals surface area (Å²) in [6.07, 6.45) is 1.76. The Bertz CT molecular complexity index is 645. The number of morpholine rings is 1. The summed E-state index contributed by atoms with van der Waals surface area (Å²) in [5.74, 6) is 0. The van der Waals surface area contributed by atoms with Crippen molar-refractivity contribution in [1.82, 2.24) is 14.3 Å².